The molecular formula is C11H13O2-. The van der Waals surface area contributed by atoms with Crippen LogP contribution in [0.15, 0.2) is 30.3 Å². The maximum absolute atomic E-state index is 10.8. The first-order valence-electron chi connectivity index (χ1n) is 4.51. The number of hydrogen-bond donors (Lipinski definition) is 0. The molecule has 0 radical (unpaired) electrons. The minimum absolute atomic E-state index is 0.453. The lowest BCUT2D eigenvalue weighted by atomic mass is 9.95. The van der Waals surface area contributed by atoms with E-state index in [0.29, 0.717) is 6.42 Å². The molecule has 2 heteroatoms. The van der Waals surface area contributed by atoms with Crippen LogP contribution in [-0.2, 0) is 4.79 Å². The van der Waals surface area contributed by atoms with Crippen LogP contribution >= 0.6 is 0 Å². The molecule has 0 N–H and O–H groups in total. The van der Waals surface area contributed by atoms with Crippen molar-refractivity contribution in [2.75, 3.05) is 0 Å². The maximum Gasteiger partial charge on any atom is 0.0489 e. The van der Waals surface area contributed by atoms with Gasteiger partial charge in [0.1, 0.15) is 0 Å². The summed E-state index contributed by atoms with van der Waals surface area (Å²) < 4.78 is 0. The summed E-state index contributed by atoms with van der Waals surface area (Å²) in [6.07, 6.45) is 1.50. The summed E-state index contributed by atoms with van der Waals surface area (Å²) in [5.74, 6) is -1.43. The molecule has 0 aliphatic rings. The van der Waals surface area contributed by atoms with Crippen LogP contribution in [0.3, 0.4) is 0 Å². The van der Waals surface area contributed by atoms with Crippen molar-refractivity contribution in [3.8, 4) is 0 Å². The molecule has 0 fully saturated rings. The predicted octanol–water partition coefficient (Wildman–Crippen LogP) is 1.32. The monoisotopic (exact) mass is 177 g/mol. The molecule has 0 saturated heterocycles. The van der Waals surface area contributed by atoms with Gasteiger partial charge in [0, 0.05) is 11.9 Å². The highest BCUT2D eigenvalue weighted by Crippen LogP contribution is 2.19. The molecule has 1 rings (SSSR count). The number of aliphatic carboxylic acids is 1. The lowest BCUT2D eigenvalue weighted by Crippen LogP contribution is -2.29. The summed E-state index contributed by atoms with van der Waals surface area (Å²) in [4.78, 5) is 10.8. The van der Waals surface area contributed by atoms with Crippen molar-refractivity contribution in [2.45, 2.75) is 25.7 Å². The fraction of sp³-hybridized carbons (Fsp3) is 0.364. The molecule has 0 aliphatic heterocycles. The van der Waals surface area contributed by atoms with Gasteiger partial charge in [0.2, 0.25) is 0 Å². The van der Waals surface area contributed by atoms with Gasteiger partial charge in [0.05, 0.1) is 0 Å². The number of rotatable bonds is 4. The van der Waals surface area contributed by atoms with Crippen LogP contribution in [0.25, 0.3) is 0 Å². The third kappa shape index (κ3) is 2.58. The molecule has 0 aliphatic carbocycles. The van der Waals surface area contributed by atoms with Gasteiger partial charge in [-0.15, -0.1) is 0 Å². The van der Waals surface area contributed by atoms with E-state index in [4.69, 9.17) is 0 Å². The third-order valence-corrected chi connectivity index (χ3v) is 2.06. The lowest BCUT2D eigenvalue weighted by molar-refractivity contribution is -0.308. The zero-order valence-electron chi connectivity index (χ0n) is 7.69. The number of benzene rings is 1. The molecule has 1 aromatic rings. The smallest absolute Gasteiger partial charge is 0.0489 e. The zero-order chi connectivity index (χ0) is 9.68. The van der Waals surface area contributed by atoms with Crippen LogP contribution in [0, 0.1) is 0 Å². The van der Waals surface area contributed by atoms with Gasteiger partial charge in [-0.3, -0.25) is 0 Å². The minimum Gasteiger partial charge on any atom is -0.549 e. The van der Waals surface area contributed by atoms with Crippen LogP contribution in [-0.4, -0.2) is 5.97 Å². The van der Waals surface area contributed by atoms with E-state index in [-0.39, 0.29) is 0 Å². The number of carboxylic acid groups (broad SMARTS) is 1. The second kappa shape index (κ2) is 4.65. The molecular weight excluding hydrogens is 164 g/mol. The summed E-state index contributed by atoms with van der Waals surface area (Å²) in [6, 6.07) is 9.23. The summed E-state index contributed by atoms with van der Waals surface area (Å²) in [5, 5.41) is 10.8. The van der Waals surface area contributed by atoms with Crippen molar-refractivity contribution in [3.05, 3.63) is 35.9 Å². The van der Waals surface area contributed by atoms with Crippen LogP contribution in [0.4, 0.5) is 0 Å². The van der Waals surface area contributed by atoms with E-state index in [1.165, 1.54) is 0 Å². The van der Waals surface area contributed by atoms with Crippen LogP contribution < -0.4 is 5.11 Å². The molecule has 70 valence electrons. The van der Waals surface area contributed by atoms with E-state index in [2.05, 4.69) is 0 Å². The largest absolute Gasteiger partial charge is 0.549 e. The molecule has 2 nitrogen and oxygen atoms in total. The van der Waals surface area contributed by atoms with Crippen molar-refractivity contribution in [1.29, 1.82) is 0 Å². The van der Waals surface area contributed by atoms with Gasteiger partial charge in [-0.05, 0) is 12.0 Å². The van der Waals surface area contributed by atoms with Gasteiger partial charge in [0.25, 0.3) is 0 Å². The van der Waals surface area contributed by atoms with Gasteiger partial charge in [-0.2, -0.15) is 0 Å². The Hall–Kier alpha value is -1.31. The fourth-order valence-electron chi connectivity index (χ4n) is 1.39. The Bertz CT molecular complexity index is 267. The Kier molecular flexibility index (Phi) is 3.50. The molecule has 0 saturated carbocycles. The maximum atomic E-state index is 10.8. The summed E-state index contributed by atoms with van der Waals surface area (Å²) >= 11 is 0. The molecule has 0 spiro atoms. The van der Waals surface area contributed by atoms with Crippen molar-refractivity contribution in [2.24, 2.45) is 0 Å². The topological polar surface area (TPSA) is 40.1 Å². The first-order chi connectivity index (χ1) is 6.25. The minimum atomic E-state index is -0.979. The quantitative estimate of drug-likeness (QED) is 0.695. The Morgan fingerprint density at radius 3 is 2.46 bits per heavy atom. The molecule has 0 amide bonds. The highest BCUT2D eigenvalue weighted by atomic mass is 16.4. The second-order valence-corrected chi connectivity index (χ2v) is 3.07. The van der Waals surface area contributed by atoms with Crippen molar-refractivity contribution in [3.63, 3.8) is 0 Å². The summed E-state index contributed by atoms with van der Waals surface area (Å²) in [7, 11) is 0. The summed E-state index contributed by atoms with van der Waals surface area (Å²) in [6.45, 7) is 1.97. The van der Waals surface area contributed by atoms with Crippen LogP contribution in [0.1, 0.15) is 31.2 Å². The second-order valence-electron chi connectivity index (χ2n) is 3.07. The van der Waals surface area contributed by atoms with Crippen molar-refractivity contribution < 1.29 is 9.90 Å². The highest BCUT2D eigenvalue weighted by molar-refractivity contribution is 5.73. The number of carbonyl (C=O) groups excluding carboxylic acids is 1. The average Bonchev–Trinajstić information content (AvgIpc) is 2.15. The van der Waals surface area contributed by atoms with Gasteiger partial charge >= 0.3 is 0 Å². The van der Waals surface area contributed by atoms with Crippen LogP contribution in [0.5, 0.6) is 0 Å². The molecule has 13 heavy (non-hydrogen) atoms. The van der Waals surface area contributed by atoms with Gasteiger partial charge < -0.3 is 9.90 Å². The predicted molar refractivity (Wildman–Crippen MR) is 49.1 cm³/mol. The Labute approximate surface area is 78.2 Å². The molecule has 0 unspecified atom stereocenters. The van der Waals surface area contributed by atoms with Gasteiger partial charge in [-0.25, -0.2) is 0 Å². The Balaban J connectivity index is 2.82. The molecule has 0 bridgehead atoms. The summed E-state index contributed by atoms with van der Waals surface area (Å²) in [5.41, 5.74) is 0.837. The number of hydrogen-bond acceptors (Lipinski definition) is 2. The standard InChI is InChI=1S/C11H14O2/c1-2-6-10(11(12)13)9-7-4-3-5-8-9/h3-5,7-8,10H,2,6H2,1H3,(H,12,13)/p-1/t10-/m0/s1. The fourth-order valence-corrected chi connectivity index (χ4v) is 1.39. The Morgan fingerprint density at radius 2 is 2.00 bits per heavy atom. The molecule has 0 heterocycles. The van der Waals surface area contributed by atoms with E-state index in [1.807, 2.05) is 37.3 Å². The number of carbonyl (C=O) groups is 1. The van der Waals surface area contributed by atoms with E-state index >= 15 is 0 Å². The van der Waals surface area contributed by atoms with E-state index in [1.54, 1.807) is 0 Å². The first-order valence-corrected chi connectivity index (χ1v) is 4.51. The van der Waals surface area contributed by atoms with E-state index in [0.717, 1.165) is 12.0 Å². The molecule has 1 aromatic carbocycles. The van der Waals surface area contributed by atoms with Crippen molar-refractivity contribution in [1.82, 2.24) is 0 Å². The zero-order valence-corrected chi connectivity index (χ0v) is 7.69. The highest BCUT2D eigenvalue weighted by Gasteiger charge is 2.10. The normalized spacial score (nSPS) is 12.4. The third-order valence-electron chi connectivity index (χ3n) is 2.06. The van der Waals surface area contributed by atoms with E-state index in [9.17, 15) is 9.90 Å². The SMILES string of the molecule is CCC[C@H](C(=O)[O-])c1ccccc1. The Morgan fingerprint density at radius 1 is 1.38 bits per heavy atom. The number of carboxylic acids is 1. The van der Waals surface area contributed by atoms with Gasteiger partial charge in [-0.1, -0.05) is 43.7 Å². The van der Waals surface area contributed by atoms with Crippen LogP contribution in [0.2, 0.25) is 0 Å². The van der Waals surface area contributed by atoms with Gasteiger partial charge in [0.15, 0.2) is 0 Å². The average molecular weight is 177 g/mol. The van der Waals surface area contributed by atoms with E-state index < -0.39 is 11.9 Å². The lowest BCUT2D eigenvalue weighted by Gasteiger charge is -2.17. The first kappa shape index (κ1) is 9.78. The van der Waals surface area contributed by atoms with Crippen molar-refractivity contribution >= 4 is 5.97 Å². The molecule has 0 aromatic heterocycles. The molecule has 1 atom stereocenters.